The van der Waals surface area contributed by atoms with E-state index in [-0.39, 0.29) is 11.5 Å². The summed E-state index contributed by atoms with van der Waals surface area (Å²) in [5.74, 6) is -0.0122. The third kappa shape index (κ3) is 5.84. The maximum absolute atomic E-state index is 12.0. The van der Waals surface area contributed by atoms with Gasteiger partial charge in [-0.25, -0.2) is 4.68 Å². The van der Waals surface area contributed by atoms with Crippen LogP contribution in [0.25, 0.3) is 0 Å². The topological polar surface area (TPSA) is 85.2 Å². The lowest BCUT2D eigenvalue weighted by Gasteiger charge is -2.10. The predicted octanol–water partition coefficient (Wildman–Crippen LogP) is 0.980. The van der Waals surface area contributed by atoms with Crippen LogP contribution < -0.4 is 16.2 Å². The number of nitrogens with one attached hydrogen (secondary N) is 2. The molecule has 8 heteroatoms. The highest BCUT2D eigenvalue weighted by Gasteiger charge is 2.09. The molecule has 0 unspecified atom stereocenters. The highest BCUT2D eigenvalue weighted by molar-refractivity contribution is 9.10. The van der Waals surface area contributed by atoms with Crippen molar-refractivity contribution in [3.05, 3.63) is 21.0 Å². The van der Waals surface area contributed by atoms with Crippen LogP contribution in [0.4, 0.5) is 5.69 Å². The summed E-state index contributed by atoms with van der Waals surface area (Å²) in [6.07, 6.45) is 2.82. The van der Waals surface area contributed by atoms with Crippen LogP contribution in [0, 0.1) is 0 Å². The minimum Gasteiger partial charge on any atom is -0.383 e. The number of methoxy groups -OCH3 is 1. The zero-order chi connectivity index (χ0) is 15.7. The van der Waals surface area contributed by atoms with Gasteiger partial charge < -0.3 is 15.4 Å². The standard InChI is InChI=1S/C13H21BrN4O3/c1-3-5-16-11(19)4-6-15-10-9-17-18(7-8-21-2)13(20)12(10)14/h9,15H,3-8H2,1-2H3,(H,16,19). The molecule has 0 aliphatic heterocycles. The van der Waals surface area contributed by atoms with Gasteiger partial charge in [-0.15, -0.1) is 0 Å². The lowest BCUT2D eigenvalue weighted by molar-refractivity contribution is -0.120. The molecule has 1 heterocycles. The Hall–Kier alpha value is -1.41. The van der Waals surface area contributed by atoms with Gasteiger partial charge in [0.1, 0.15) is 4.47 Å². The van der Waals surface area contributed by atoms with Gasteiger partial charge in [-0.1, -0.05) is 6.92 Å². The molecule has 0 bridgehead atoms. The Balaban J connectivity index is 2.54. The van der Waals surface area contributed by atoms with Gasteiger partial charge in [0, 0.05) is 26.6 Å². The summed E-state index contributed by atoms with van der Waals surface area (Å²) in [7, 11) is 1.57. The minimum absolute atomic E-state index is 0.0122. The lowest BCUT2D eigenvalue weighted by atomic mass is 10.3. The molecule has 1 aromatic heterocycles. The quantitative estimate of drug-likeness (QED) is 0.685. The zero-order valence-electron chi connectivity index (χ0n) is 12.3. The van der Waals surface area contributed by atoms with E-state index in [1.54, 1.807) is 13.3 Å². The van der Waals surface area contributed by atoms with E-state index in [2.05, 4.69) is 31.7 Å². The molecule has 1 rings (SSSR count). The van der Waals surface area contributed by atoms with Crippen molar-refractivity contribution in [1.29, 1.82) is 0 Å². The van der Waals surface area contributed by atoms with Gasteiger partial charge in [-0.05, 0) is 22.4 Å². The molecule has 21 heavy (non-hydrogen) atoms. The van der Waals surface area contributed by atoms with Crippen molar-refractivity contribution >= 4 is 27.5 Å². The van der Waals surface area contributed by atoms with Crippen LogP contribution in [-0.4, -0.2) is 42.5 Å². The second kappa shape index (κ2) is 9.51. The number of halogens is 1. The van der Waals surface area contributed by atoms with Crippen molar-refractivity contribution in [3.8, 4) is 0 Å². The molecule has 0 spiro atoms. The largest absolute Gasteiger partial charge is 0.383 e. The summed E-state index contributed by atoms with van der Waals surface area (Å²) < 4.78 is 6.65. The normalized spacial score (nSPS) is 10.4. The zero-order valence-corrected chi connectivity index (χ0v) is 13.9. The molecule has 0 aliphatic rings. The molecule has 1 amide bonds. The van der Waals surface area contributed by atoms with Crippen LogP contribution in [-0.2, 0) is 16.1 Å². The molecule has 0 fully saturated rings. The monoisotopic (exact) mass is 360 g/mol. The number of rotatable bonds is 9. The molecule has 0 radical (unpaired) electrons. The summed E-state index contributed by atoms with van der Waals surface area (Å²) in [5.41, 5.74) is 0.351. The van der Waals surface area contributed by atoms with E-state index in [0.29, 0.717) is 42.8 Å². The maximum atomic E-state index is 12.0. The highest BCUT2D eigenvalue weighted by atomic mass is 79.9. The Morgan fingerprint density at radius 2 is 2.24 bits per heavy atom. The SMILES string of the molecule is CCCNC(=O)CCNc1cnn(CCOC)c(=O)c1Br. The van der Waals surface area contributed by atoms with Crippen molar-refractivity contribution < 1.29 is 9.53 Å². The number of carbonyl (C=O) groups excluding carboxylic acids is 1. The van der Waals surface area contributed by atoms with E-state index in [4.69, 9.17) is 4.74 Å². The first-order chi connectivity index (χ1) is 10.1. The first kappa shape index (κ1) is 17.6. The van der Waals surface area contributed by atoms with Crippen LogP contribution in [0.3, 0.4) is 0 Å². The first-order valence-electron chi connectivity index (χ1n) is 6.85. The molecule has 0 aromatic carbocycles. The van der Waals surface area contributed by atoms with Crippen LogP contribution in [0.5, 0.6) is 0 Å². The molecule has 118 valence electrons. The molecule has 0 atom stereocenters. The first-order valence-corrected chi connectivity index (χ1v) is 7.64. The summed E-state index contributed by atoms with van der Waals surface area (Å²) >= 11 is 3.25. The Labute approximate surface area is 132 Å². The summed E-state index contributed by atoms with van der Waals surface area (Å²) in [6.45, 7) is 3.94. The number of amides is 1. The summed E-state index contributed by atoms with van der Waals surface area (Å²) in [5, 5.41) is 9.88. The Morgan fingerprint density at radius 3 is 2.90 bits per heavy atom. The molecule has 0 saturated carbocycles. The fourth-order valence-electron chi connectivity index (χ4n) is 1.59. The molecular formula is C13H21BrN4O3. The van der Waals surface area contributed by atoms with Crippen molar-refractivity contribution in [2.24, 2.45) is 0 Å². The molecule has 1 aromatic rings. The molecular weight excluding hydrogens is 340 g/mol. The fourth-order valence-corrected chi connectivity index (χ4v) is 2.04. The number of aromatic nitrogens is 2. The van der Waals surface area contributed by atoms with Gasteiger partial charge in [0.25, 0.3) is 5.56 Å². The number of carbonyl (C=O) groups is 1. The van der Waals surface area contributed by atoms with Crippen molar-refractivity contribution in [2.45, 2.75) is 26.3 Å². The molecule has 2 N–H and O–H groups in total. The second-order valence-corrected chi connectivity index (χ2v) is 5.21. The highest BCUT2D eigenvalue weighted by Crippen LogP contribution is 2.15. The van der Waals surface area contributed by atoms with Crippen molar-refractivity contribution in [2.75, 3.05) is 32.1 Å². The number of hydrogen-bond donors (Lipinski definition) is 2. The van der Waals surface area contributed by atoms with Crippen molar-refractivity contribution in [3.63, 3.8) is 0 Å². The van der Waals surface area contributed by atoms with Crippen LogP contribution in [0.15, 0.2) is 15.5 Å². The molecule has 0 aliphatic carbocycles. The van der Waals surface area contributed by atoms with Gasteiger partial charge in [0.2, 0.25) is 5.91 Å². The summed E-state index contributed by atoms with van der Waals surface area (Å²) in [4.78, 5) is 23.5. The van der Waals surface area contributed by atoms with Crippen molar-refractivity contribution in [1.82, 2.24) is 15.1 Å². The number of nitrogens with zero attached hydrogens (tertiary/aromatic N) is 2. The van der Waals surface area contributed by atoms with Crippen LogP contribution in [0.1, 0.15) is 19.8 Å². The number of ether oxygens (including phenoxy) is 1. The second-order valence-electron chi connectivity index (χ2n) is 4.42. The third-order valence-corrected chi connectivity index (χ3v) is 3.50. The average molecular weight is 361 g/mol. The smallest absolute Gasteiger partial charge is 0.283 e. The average Bonchev–Trinajstić information content (AvgIpc) is 2.48. The van der Waals surface area contributed by atoms with E-state index < -0.39 is 0 Å². The Kier molecular flexibility index (Phi) is 7.99. The van der Waals surface area contributed by atoms with Crippen LogP contribution in [0.2, 0.25) is 0 Å². The van der Waals surface area contributed by atoms with Gasteiger partial charge in [0.15, 0.2) is 0 Å². The Morgan fingerprint density at radius 1 is 1.48 bits per heavy atom. The maximum Gasteiger partial charge on any atom is 0.283 e. The van der Waals surface area contributed by atoms with E-state index in [0.717, 1.165) is 6.42 Å². The predicted molar refractivity (Wildman–Crippen MR) is 84.5 cm³/mol. The number of hydrogen-bond acceptors (Lipinski definition) is 5. The minimum atomic E-state index is -0.229. The lowest BCUT2D eigenvalue weighted by Crippen LogP contribution is -2.28. The number of anilines is 1. The molecule has 7 nitrogen and oxygen atoms in total. The fraction of sp³-hybridized carbons (Fsp3) is 0.615. The van der Waals surface area contributed by atoms with Gasteiger partial charge in [0.05, 0.1) is 25.0 Å². The molecule has 0 saturated heterocycles. The van der Waals surface area contributed by atoms with E-state index in [1.807, 2.05) is 6.92 Å². The van der Waals surface area contributed by atoms with E-state index in [9.17, 15) is 9.59 Å². The van der Waals surface area contributed by atoms with Gasteiger partial charge in [-0.2, -0.15) is 5.10 Å². The van der Waals surface area contributed by atoms with Gasteiger partial charge in [-0.3, -0.25) is 9.59 Å². The van der Waals surface area contributed by atoms with E-state index in [1.165, 1.54) is 4.68 Å². The summed E-state index contributed by atoms with van der Waals surface area (Å²) in [6, 6.07) is 0. The van der Waals surface area contributed by atoms with E-state index >= 15 is 0 Å². The van der Waals surface area contributed by atoms with Crippen LogP contribution >= 0.6 is 15.9 Å². The van der Waals surface area contributed by atoms with Gasteiger partial charge >= 0.3 is 0 Å². The Bertz CT molecular complexity index is 519. The third-order valence-electron chi connectivity index (χ3n) is 2.73.